The first-order valence-electron chi connectivity index (χ1n) is 6.59. The molecule has 1 heterocycles. The Labute approximate surface area is 118 Å². The van der Waals surface area contributed by atoms with Crippen molar-refractivity contribution in [2.75, 3.05) is 6.54 Å². The Morgan fingerprint density at radius 2 is 1.89 bits per heavy atom. The Morgan fingerprint density at radius 3 is 2.47 bits per heavy atom. The van der Waals surface area contributed by atoms with Gasteiger partial charge in [-0.25, -0.2) is 4.39 Å². The molecule has 1 unspecified atom stereocenters. The van der Waals surface area contributed by atoms with E-state index in [1.54, 1.807) is 17.4 Å². The molecule has 0 bridgehead atoms. The summed E-state index contributed by atoms with van der Waals surface area (Å²) in [7, 11) is 0. The molecule has 0 fully saturated rings. The van der Waals surface area contributed by atoms with E-state index < -0.39 is 0 Å². The summed E-state index contributed by atoms with van der Waals surface area (Å²) in [5.41, 5.74) is 3.43. The summed E-state index contributed by atoms with van der Waals surface area (Å²) >= 11 is 1.79. The van der Waals surface area contributed by atoms with E-state index in [0.717, 1.165) is 17.7 Å². The molecule has 2 rings (SSSR count). The molecule has 0 spiro atoms. The van der Waals surface area contributed by atoms with Crippen molar-refractivity contribution in [3.8, 4) is 0 Å². The minimum atomic E-state index is -0.172. The molecule has 0 amide bonds. The number of hydrogen-bond acceptors (Lipinski definition) is 2. The molecule has 19 heavy (non-hydrogen) atoms. The number of aryl methyl sites for hydroxylation is 3. The standard InChI is InChI=1S/C16H20FNS/c1-5-18-15(16-11(3)8-12(4)19-16)14-9-13(17)7-6-10(14)2/h6-9,15,18H,5H2,1-4H3. The Morgan fingerprint density at radius 1 is 1.16 bits per heavy atom. The zero-order valence-electron chi connectivity index (χ0n) is 11.9. The van der Waals surface area contributed by atoms with Crippen LogP contribution >= 0.6 is 11.3 Å². The van der Waals surface area contributed by atoms with Gasteiger partial charge in [-0.1, -0.05) is 13.0 Å². The first-order valence-corrected chi connectivity index (χ1v) is 7.41. The molecule has 1 nitrogen and oxygen atoms in total. The van der Waals surface area contributed by atoms with Crippen molar-refractivity contribution in [3.05, 3.63) is 56.5 Å². The fraction of sp³-hybridized carbons (Fsp3) is 0.375. The van der Waals surface area contributed by atoms with Gasteiger partial charge in [-0.15, -0.1) is 11.3 Å². The van der Waals surface area contributed by atoms with Gasteiger partial charge >= 0.3 is 0 Å². The van der Waals surface area contributed by atoms with Crippen LogP contribution in [0.3, 0.4) is 0 Å². The van der Waals surface area contributed by atoms with E-state index >= 15 is 0 Å². The van der Waals surface area contributed by atoms with E-state index in [2.05, 4.69) is 32.2 Å². The van der Waals surface area contributed by atoms with Crippen molar-refractivity contribution in [1.29, 1.82) is 0 Å². The highest BCUT2D eigenvalue weighted by Crippen LogP contribution is 2.33. The van der Waals surface area contributed by atoms with Gasteiger partial charge in [0.15, 0.2) is 0 Å². The molecule has 0 aliphatic heterocycles. The highest BCUT2D eigenvalue weighted by atomic mass is 32.1. The first kappa shape index (κ1) is 14.2. The molecule has 0 radical (unpaired) electrons. The lowest BCUT2D eigenvalue weighted by Crippen LogP contribution is -2.22. The van der Waals surface area contributed by atoms with E-state index in [0.29, 0.717) is 0 Å². The van der Waals surface area contributed by atoms with Crippen LogP contribution in [-0.2, 0) is 0 Å². The van der Waals surface area contributed by atoms with Crippen LogP contribution in [0.25, 0.3) is 0 Å². The molecule has 0 saturated carbocycles. The van der Waals surface area contributed by atoms with Gasteiger partial charge in [0.1, 0.15) is 5.82 Å². The van der Waals surface area contributed by atoms with Gasteiger partial charge in [0.2, 0.25) is 0 Å². The van der Waals surface area contributed by atoms with E-state index in [9.17, 15) is 4.39 Å². The van der Waals surface area contributed by atoms with Gasteiger partial charge in [-0.2, -0.15) is 0 Å². The van der Waals surface area contributed by atoms with E-state index in [1.165, 1.54) is 21.4 Å². The summed E-state index contributed by atoms with van der Waals surface area (Å²) in [5, 5.41) is 3.48. The minimum absolute atomic E-state index is 0.0828. The second-order valence-corrected chi connectivity index (χ2v) is 6.18. The Kier molecular flexibility index (Phi) is 4.38. The average Bonchev–Trinajstić information content (AvgIpc) is 2.69. The third kappa shape index (κ3) is 3.04. The minimum Gasteiger partial charge on any atom is -0.306 e. The largest absolute Gasteiger partial charge is 0.306 e. The first-order chi connectivity index (χ1) is 9.02. The van der Waals surface area contributed by atoms with Crippen LogP contribution in [0.5, 0.6) is 0 Å². The Hall–Kier alpha value is -1.19. The number of nitrogens with one attached hydrogen (secondary N) is 1. The molecule has 2 aromatic rings. The third-order valence-electron chi connectivity index (χ3n) is 3.30. The lowest BCUT2D eigenvalue weighted by atomic mass is 9.98. The summed E-state index contributed by atoms with van der Waals surface area (Å²) in [6.45, 7) is 9.21. The zero-order valence-corrected chi connectivity index (χ0v) is 12.7. The molecule has 1 aromatic heterocycles. The number of hydrogen-bond donors (Lipinski definition) is 1. The van der Waals surface area contributed by atoms with Gasteiger partial charge in [0.05, 0.1) is 6.04 Å². The molecular weight excluding hydrogens is 257 g/mol. The van der Waals surface area contributed by atoms with E-state index in [-0.39, 0.29) is 11.9 Å². The van der Waals surface area contributed by atoms with Crippen molar-refractivity contribution in [3.63, 3.8) is 0 Å². The second kappa shape index (κ2) is 5.85. The molecular formula is C16H20FNS. The van der Waals surface area contributed by atoms with Crippen molar-refractivity contribution in [2.24, 2.45) is 0 Å². The fourth-order valence-electron chi connectivity index (χ4n) is 2.42. The summed E-state index contributed by atoms with van der Waals surface area (Å²) in [6.07, 6.45) is 0. The van der Waals surface area contributed by atoms with Crippen LogP contribution in [0, 0.1) is 26.6 Å². The summed E-state index contributed by atoms with van der Waals surface area (Å²) in [6, 6.07) is 7.30. The Balaban J connectivity index is 2.51. The zero-order chi connectivity index (χ0) is 14.0. The van der Waals surface area contributed by atoms with Gasteiger partial charge in [-0.05, 0) is 62.2 Å². The predicted octanol–water partition coefficient (Wildman–Crippen LogP) is 4.51. The lowest BCUT2D eigenvalue weighted by molar-refractivity contribution is 0.603. The number of rotatable bonds is 4. The van der Waals surface area contributed by atoms with Gasteiger partial charge < -0.3 is 5.32 Å². The van der Waals surface area contributed by atoms with Crippen molar-refractivity contribution in [2.45, 2.75) is 33.7 Å². The molecule has 0 saturated heterocycles. The second-order valence-electron chi connectivity index (χ2n) is 4.90. The van der Waals surface area contributed by atoms with Crippen molar-refractivity contribution < 1.29 is 4.39 Å². The van der Waals surface area contributed by atoms with Crippen LogP contribution in [0.15, 0.2) is 24.3 Å². The summed E-state index contributed by atoms with van der Waals surface area (Å²) < 4.78 is 13.5. The fourth-order valence-corrected chi connectivity index (χ4v) is 3.55. The van der Waals surface area contributed by atoms with Crippen LogP contribution in [-0.4, -0.2) is 6.54 Å². The molecule has 1 N–H and O–H groups in total. The monoisotopic (exact) mass is 277 g/mol. The number of halogens is 1. The molecule has 0 aliphatic carbocycles. The van der Waals surface area contributed by atoms with Crippen molar-refractivity contribution in [1.82, 2.24) is 5.32 Å². The summed E-state index contributed by atoms with van der Waals surface area (Å²) in [4.78, 5) is 2.58. The molecule has 1 atom stereocenters. The number of benzene rings is 1. The smallest absolute Gasteiger partial charge is 0.123 e. The average molecular weight is 277 g/mol. The molecule has 3 heteroatoms. The van der Waals surface area contributed by atoms with Crippen LogP contribution in [0.2, 0.25) is 0 Å². The van der Waals surface area contributed by atoms with E-state index in [1.807, 2.05) is 13.0 Å². The lowest BCUT2D eigenvalue weighted by Gasteiger charge is -2.20. The Bertz CT molecular complexity index is 574. The van der Waals surface area contributed by atoms with Gasteiger partial charge in [0, 0.05) is 9.75 Å². The number of thiophene rings is 1. The highest BCUT2D eigenvalue weighted by molar-refractivity contribution is 7.12. The quantitative estimate of drug-likeness (QED) is 0.867. The topological polar surface area (TPSA) is 12.0 Å². The maximum absolute atomic E-state index is 13.5. The summed E-state index contributed by atoms with van der Waals surface area (Å²) in [5.74, 6) is -0.172. The van der Waals surface area contributed by atoms with Gasteiger partial charge in [0.25, 0.3) is 0 Å². The molecule has 1 aromatic carbocycles. The third-order valence-corrected chi connectivity index (χ3v) is 4.52. The van der Waals surface area contributed by atoms with Gasteiger partial charge in [-0.3, -0.25) is 0 Å². The highest BCUT2D eigenvalue weighted by Gasteiger charge is 2.19. The molecule has 102 valence electrons. The molecule has 0 aliphatic rings. The maximum atomic E-state index is 13.5. The normalized spacial score (nSPS) is 12.7. The van der Waals surface area contributed by atoms with Crippen LogP contribution < -0.4 is 5.32 Å². The predicted molar refractivity (Wildman–Crippen MR) is 80.4 cm³/mol. The van der Waals surface area contributed by atoms with Crippen LogP contribution in [0.1, 0.15) is 39.4 Å². The van der Waals surface area contributed by atoms with Crippen LogP contribution in [0.4, 0.5) is 4.39 Å². The van der Waals surface area contributed by atoms with Crippen molar-refractivity contribution >= 4 is 11.3 Å². The maximum Gasteiger partial charge on any atom is 0.123 e. The SMILES string of the molecule is CCNC(c1cc(F)ccc1C)c1sc(C)cc1C. The van der Waals surface area contributed by atoms with E-state index in [4.69, 9.17) is 0 Å².